The summed E-state index contributed by atoms with van der Waals surface area (Å²) in [6.45, 7) is 5.92. The van der Waals surface area contributed by atoms with E-state index in [4.69, 9.17) is 20.4 Å². The molecule has 4 fully saturated rings. The fourth-order valence-corrected chi connectivity index (χ4v) is 3.98. The maximum absolute atomic E-state index is 9.25. The summed E-state index contributed by atoms with van der Waals surface area (Å²) in [6.07, 6.45) is 11.3. The summed E-state index contributed by atoms with van der Waals surface area (Å²) in [5, 5.41) is 29.2. The standard InChI is InChI=1S/C10H16.2C3H4O2.2CH4O/c1-7-2-9-4-8(1)5-10(3-7)6-9;2*1-2-3(4)5;2*1-2/h7-10H,1-6H2;2*2H,1H2,(H,4,5);2*2H,1H3. The van der Waals surface area contributed by atoms with Crippen LogP contribution in [0.15, 0.2) is 25.3 Å². The maximum atomic E-state index is 9.25. The number of aliphatic hydroxyl groups excluding tert-OH is 2. The van der Waals surface area contributed by atoms with Crippen LogP contribution in [0.2, 0.25) is 0 Å². The monoisotopic (exact) mass is 344 g/mol. The Morgan fingerprint density at radius 1 is 0.667 bits per heavy atom. The molecule has 0 heterocycles. The van der Waals surface area contributed by atoms with Crippen molar-refractivity contribution in [1.29, 1.82) is 0 Å². The Morgan fingerprint density at radius 3 is 0.875 bits per heavy atom. The molecule has 0 radical (unpaired) electrons. The third-order valence-corrected chi connectivity index (χ3v) is 4.35. The lowest BCUT2D eigenvalue weighted by atomic mass is 9.56. The van der Waals surface area contributed by atoms with Gasteiger partial charge >= 0.3 is 11.9 Å². The minimum Gasteiger partial charge on any atom is -0.478 e. The number of aliphatic hydroxyl groups is 2. The topological polar surface area (TPSA) is 115 Å². The Bertz CT molecular complexity index is 303. The molecule has 24 heavy (non-hydrogen) atoms. The highest BCUT2D eigenvalue weighted by Crippen LogP contribution is 2.53. The van der Waals surface area contributed by atoms with Gasteiger partial charge in [-0.05, 0) is 62.2 Å². The normalized spacial score (nSPS) is 27.2. The molecule has 0 spiro atoms. The molecule has 0 aliphatic heterocycles. The van der Waals surface area contributed by atoms with E-state index in [0.29, 0.717) is 0 Å². The fraction of sp³-hybridized carbons (Fsp3) is 0.667. The minimum atomic E-state index is -0.981. The summed E-state index contributed by atoms with van der Waals surface area (Å²) in [5.74, 6) is 2.75. The van der Waals surface area contributed by atoms with Gasteiger partial charge in [-0.3, -0.25) is 0 Å². The molecule has 4 aliphatic rings. The maximum Gasteiger partial charge on any atom is 0.327 e. The van der Waals surface area contributed by atoms with E-state index >= 15 is 0 Å². The molecule has 4 N–H and O–H groups in total. The second-order valence-corrected chi connectivity index (χ2v) is 5.96. The van der Waals surface area contributed by atoms with Crippen LogP contribution in [0.3, 0.4) is 0 Å². The van der Waals surface area contributed by atoms with E-state index < -0.39 is 11.9 Å². The van der Waals surface area contributed by atoms with E-state index in [1.807, 2.05) is 0 Å². The quantitative estimate of drug-likeness (QED) is 0.572. The molecule has 4 saturated carbocycles. The number of hydrogen-bond donors (Lipinski definition) is 4. The van der Waals surface area contributed by atoms with Crippen LogP contribution in [0.25, 0.3) is 0 Å². The summed E-state index contributed by atoms with van der Waals surface area (Å²) < 4.78 is 0. The van der Waals surface area contributed by atoms with Gasteiger partial charge in [0.25, 0.3) is 0 Å². The highest BCUT2D eigenvalue weighted by atomic mass is 16.4. The first-order chi connectivity index (χ1) is 11.4. The van der Waals surface area contributed by atoms with Crippen LogP contribution in [0.4, 0.5) is 0 Å². The summed E-state index contributed by atoms with van der Waals surface area (Å²) in [5.41, 5.74) is 0. The lowest BCUT2D eigenvalue weighted by Crippen LogP contribution is -2.38. The lowest BCUT2D eigenvalue weighted by Gasteiger charge is -2.49. The van der Waals surface area contributed by atoms with Gasteiger partial charge in [0, 0.05) is 26.4 Å². The van der Waals surface area contributed by atoms with Crippen LogP contribution < -0.4 is 0 Å². The van der Waals surface area contributed by atoms with E-state index in [0.717, 1.165) is 26.4 Å². The van der Waals surface area contributed by atoms with E-state index in [1.54, 1.807) is 38.5 Å². The molecule has 0 atom stereocenters. The molecule has 4 rings (SSSR count). The van der Waals surface area contributed by atoms with Crippen LogP contribution in [0.1, 0.15) is 38.5 Å². The third-order valence-electron chi connectivity index (χ3n) is 4.35. The molecule has 140 valence electrons. The molecule has 0 aromatic carbocycles. The molecule has 6 nitrogen and oxygen atoms in total. The zero-order chi connectivity index (χ0) is 19.1. The molecule has 6 heteroatoms. The van der Waals surface area contributed by atoms with Gasteiger partial charge in [0.1, 0.15) is 0 Å². The van der Waals surface area contributed by atoms with Crippen molar-refractivity contribution in [2.24, 2.45) is 23.7 Å². The third kappa shape index (κ3) is 11.0. The second-order valence-electron chi connectivity index (χ2n) is 5.96. The van der Waals surface area contributed by atoms with Gasteiger partial charge in [0.15, 0.2) is 0 Å². The van der Waals surface area contributed by atoms with Gasteiger partial charge in [-0.2, -0.15) is 0 Å². The zero-order valence-electron chi connectivity index (χ0n) is 14.7. The average Bonchev–Trinajstić information content (AvgIpc) is 2.58. The lowest BCUT2D eigenvalue weighted by molar-refractivity contribution is -0.132. The Hall–Kier alpha value is -1.66. The molecular formula is C18H32O6. The number of aliphatic carboxylic acids is 2. The van der Waals surface area contributed by atoms with Crippen molar-refractivity contribution in [1.82, 2.24) is 0 Å². The first-order valence-corrected chi connectivity index (χ1v) is 8.04. The van der Waals surface area contributed by atoms with E-state index in [-0.39, 0.29) is 0 Å². The predicted molar refractivity (Wildman–Crippen MR) is 93.6 cm³/mol. The average molecular weight is 344 g/mol. The largest absolute Gasteiger partial charge is 0.478 e. The van der Waals surface area contributed by atoms with Crippen LogP contribution in [0, 0.1) is 23.7 Å². The van der Waals surface area contributed by atoms with E-state index in [1.165, 1.54) is 23.7 Å². The smallest absolute Gasteiger partial charge is 0.327 e. The van der Waals surface area contributed by atoms with Crippen LogP contribution in [-0.4, -0.2) is 46.6 Å². The Balaban J connectivity index is 0. The molecule has 0 saturated heterocycles. The van der Waals surface area contributed by atoms with E-state index in [9.17, 15) is 9.59 Å². The van der Waals surface area contributed by atoms with Crippen molar-refractivity contribution in [3.05, 3.63) is 25.3 Å². The van der Waals surface area contributed by atoms with E-state index in [2.05, 4.69) is 13.2 Å². The van der Waals surface area contributed by atoms with Crippen LogP contribution in [0.5, 0.6) is 0 Å². The number of hydrogen-bond acceptors (Lipinski definition) is 4. The molecule has 4 bridgehead atoms. The number of carboxylic acids is 2. The van der Waals surface area contributed by atoms with Gasteiger partial charge in [0.2, 0.25) is 0 Å². The number of carboxylic acid groups (broad SMARTS) is 2. The van der Waals surface area contributed by atoms with Gasteiger partial charge in [-0.1, -0.05) is 13.2 Å². The summed E-state index contributed by atoms with van der Waals surface area (Å²) >= 11 is 0. The fourth-order valence-electron chi connectivity index (χ4n) is 3.98. The molecule has 0 unspecified atom stereocenters. The number of carbonyl (C=O) groups is 2. The molecule has 0 amide bonds. The number of rotatable bonds is 2. The second kappa shape index (κ2) is 14.9. The van der Waals surface area contributed by atoms with Gasteiger partial charge in [0.05, 0.1) is 0 Å². The Morgan fingerprint density at radius 2 is 0.792 bits per heavy atom. The van der Waals surface area contributed by atoms with Crippen LogP contribution >= 0.6 is 0 Å². The van der Waals surface area contributed by atoms with Gasteiger partial charge in [-0.15, -0.1) is 0 Å². The van der Waals surface area contributed by atoms with Crippen molar-refractivity contribution in [3.63, 3.8) is 0 Å². The summed E-state index contributed by atoms with van der Waals surface area (Å²) in [7, 11) is 2.00. The van der Waals surface area contributed by atoms with Gasteiger partial charge < -0.3 is 20.4 Å². The summed E-state index contributed by atoms with van der Waals surface area (Å²) in [4.78, 5) is 18.5. The zero-order valence-corrected chi connectivity index (χ0v) is 14.7. The first kappa shape index (κ1) is 24.6. The van der Waals surface area contributed by atoms with Crippen LogP contribution in [-0.2, 0) is 9.59 Å². The first-order valence-electron chi connectivity index (χ1n) is 8.04. The predicted octanol–water partition coefficient (Wildman–Crippen LogP) is 2.56. The summed E-state index contributed by atoms with van der Waals surface area (Å²) in [6, 6.07) is 0. The highest BCUT2D eigenvalue weighted by Gasteiger charge is 2.41. The Kier molecular flexibility index (Phi) is 15.3. The van der Waals surface area contributed by atoms with Crippen molar-refractivity contribution in [3.8, 4) is 0 Å². The van der Waals surface area contributed by atoms with Crippen molar-refractivity contribution < 1.29 is 30.0 Å². The molecule has 0 aromatic rings. The van der Waals surface area contributed by atoms with Crippen molar-refractivity contribution >= 4 is 11.9 Å². The van der Waals surface area contributed by atoms with Crippen molar-refractivity contribution in [2.45, 2.75) is 38.5 Å². The van der Waals surface area contributed by atoms with Gasteiger partial charge in [-0.25, -0.2) is 9.59 Å². The minimum absolute atomic E-state index is 0.833. The molecular weight excluding hydrogens is 312 g/mol. The SMILES string of the molecule is C1C2CC3CC1CC(C2)C3.C=CC(=O)O.C=CC(=O)O.CO.CO. The molecule has 4 aliphatic carbocycles. The highest BCUT2D eigenvalue weighted by molar-refractivity contribution is 5.79. The molecule has 0 aromatic heterocycles. The Labute approximate surface area is 144 Å². The van der Waals surface area contributed by atoms with Crippen molar-refractivity contribution in [2.75, 3.05) is 14.2 Å².